The van der Waals surface area contributed by atoms with Gasteiger partial charge in [0.25, 0.3) is 0 Å². The molecule has 0 unspecified atom stereocenters. The lowest BCUT2D eigenvalue weighted by Crippen LogP contribution is -2.50. The van der Waals surface area contributed by atoms with Crippen LogP contribution in [0.1, 0.15) is 43.2 Å². The lowest BCUT2D eigenvalue weighted by Gasteiger charge is -2.30. The molecule has 0 radical (unpaired) electrons. The summed E-state index contributed by atoms with van der Waals surface area (Å²) in [7, 11) is 0. The Balaban J connectivity index is 1.41. The van der Waals surface area contributed by atoms with E-state index in [0.717, 1.165) is 36.9 Å². The number of rotatable bonds is 7. The number of esters is 2. The van der Waals surface area contributed by atoms with E-state index in [1.165, 1.54) is 6.08 Å². The Labute approximate surface area is 164 Å². The molecule has 1 aliphatic rings. The van der Waals surface area contributed by atoms with Crippen molar-refractivity contribution < 1.29 is 19.1 Å². The van der Waals surface area contributed by atoms with E-state index in [1.54, 1.807) is 18.6 Å². The third-order valence-corrected chi connectivity index (χ3v) is 4.86. The molecule has 0 bridgehead atoms. The van der Waals surface area contributed by atoms with E-state index in [9.17, 15) is 9.59 Å². The maximum atomic E-state index is 12.1. The van der Waals surface area contributed by atoms with Crippen molar-refractivity contribution in [3.05, 3.63) is 60.2 Å². The van der Waals surface area contributed by atoms with Gasteiger partial charge in [0.15, 0.2) is 0 Å². The molecule has 7 nitrogen and oxygen atoms in total. The van der Waals surface area contributed by atoms with E-state index in [0.29, 0.717) is 12.8 Å². The van der Waals surface area contributed by atoms with Gasteiger partial charge < -0.3 is 19.8 Å². The third-order valence-electron chi connectivity index (χ3n) is 4.86. The van der Waals surface area contributed by atoms with Gasteiger partial charge in [-0.1, -0.05) is 43.5 Å². The summed E-state index contributed by atoms with van der Waals surface area (Å²) < 4.78 is 11.9. The van der Waals surface area contributed by atoms with E-state index < -0.39 is 24.3 Å². The fourth-order valence-electron chi connectivity index (χ4n) is 3.21. The maximum Gasteiger partial charge on any atom is 0.333 e. The predicted molar refractivity (Wildman–Crippen MR) is 104 cm³/mol. The lowest BCUT2D eigenvalue weighted by molar-refractivity contribution is -0.169. The maximum absolute atomic E-state index is 12.1. The van der Waals surface area contributed by atoms with Gasteiger partial charge in [-0.25, -0.2) is 14.6 Å². The summed E-state index contributed by atoms with van der Waals surface area (Å²) in [6.07, 6.45) is 12.5. The first-order valence-electron chi connectivity index (χ1n) is 9.41. The van der Waals surface area contributed by atoms with E-state index in [4.69, 9.17) is 15.2 Å². The summed E-state index contributed by atoms with van der Waals surface area (Å²) in [6.45, 7) is 0.310. The van der Waals surface area contributed by atoms with Gasteiger partial charge in [0.1, 0.15) is 5.54 Å². The molecular weight excluding hydrogens is 358 g/mol. The summed E-state index contributed by atoms with van der Waals surface area (Å²) in [6, 6.07) is 7.80. The van der Waals surface area contributed by atoms with Crippen molar-refractivity contribution >= 4 is 18.0 Å². The van der Waals surface area contributed by atoms with Crippen molar-refractivity contribution in [3.63, 3.8) is 0 Å². The van der Waals surface area contributed by atoms with Gasteiger partial charge in [-0.05, 0) is 30.0 Å². The zero-order valence-electron chi connectivity index (χ0n) is 15.8. The van der Waals surface area contributed by atoms with Crippen LogP contribution in [0.2, 0.25) is 0 Å². The van der Waals surface area contributed by atoms with Crippen molar-refractivity contribution in [1.29, 1.82) is 0 Å². The minimum Gasteiger partial charge on any atom is -0.426 e. The normalized spacial score (nSPS) is 16.0. The first kappa shape index (κ1) is 19.8. The van der Waals surface area contributed by atoms with Gasteiger partial charge >= 0.3 is 11.9 Å². The number of nitrogens with two attached hydrogens (primary N) is 1. The number of carbonyl (C=O) groups is 2. The Kier molecular flexibility index (Phi) is 6.60. The molecule has 0 aliphatic heterocycles. The summed E-state index contributed by atoms with van der Waals surface area (Å²) in [5.41, 5.74) is 7.12. The first-order chi connectivity index (χ1) is 13.5. The van der Waals surface area contributed by atoms with Crippen LogP contribution in [0.4, 0.5) is 0 Å². The highest BCUT2D eigenvalue weighted by Gasteiger charge is 2.36. The lowest BCUT2D eigenvalue weighted by atomic mass is 9.83. The number of nitrogens with zero attached hydrogens (tertiary/aromatic N) is 2. The van der Waals surface area contributed by atoms with Gasteiger partial charge in [0, 0.05) is 25.0 Å². The number of imidazole rings is 1. The fraction of sp³-hybridized carbons (Fsp3) is 0.381. The van der Waals surface area contributed by atoms with E-state index in [1.807, 2.05) is 35.0 Å². The van der Waals surface area contributed by atoms with Crippen molar-refractivity contribution in [1.82, 2.24) is 9.55 Å². The Morgan fingerprint density at radius 2 is 1.89 bits per heavy atom. The monoisotopic (exact) mass is 383 g/mol. The van der Waals surface area contributed by atoms with E-state index >= 15 is 0 Å². The van der Waals surface area contributed by atoms with Crippen LogP contribution in [0.3, 0.4) is 0 Å². The molecule has 3 rings (SSSR count). The molecule has 0 saturated heterocycles. The molecular formula is C21H25N3O4. The molecule has 1 heterocycles. The third kappa shape index (κ3) is 5.53. The molecule has 2 aromatic rings. The summed E-state index contributed by atoms with van der Waals surface area (Å²) >= 11 is 0. The second-order valence-electron chi connectivity index (χ2n) is 7.04. The molecule has 28 heavy (non-hydrogen) atoms. The SMILES string of the molecule is NC1(C(=O)OCOC(=O)/C=C/c2ccc(Cn3ccnc3)cc2)CCCCC1. The predicted octanol–water partition coefficient (Wildman–Crippen LogP) is 2.65. The molecule has 0 atom stereocenters. The van der Waals surface area contributed by atoms with Gasteiger partial charge in [-0.2, -0.15) is 0 Å². The van der Waals surface area contributed by atoms with Crippen LogP contribution < -0.4 is 5.73 Å². The average molecular weight is 383 g/mol. The standard InChI is InChI=1S/C21H25N3O4/c22-21(10-2-1-3-11-21)20(26)28-16-27-19(25)9-8-17-4-6-18(7-5-17)14-24-13-12-23-15-24/h4-9,12-13,15H,1-3,10-11,14,16,22H2/b9-8+. The second-order valence-corrected chi connectivity index (χ2v) is 7.04. The van der Waals surface area contributed by atoms with Crippen LogP contribution in [-0.4, -0.2) is 33.8 Å². The highest BCUT2D eigenvalue weighted by atomic mass is 16.7. The smallest absolute Gasteiger partial charge is 0.333 e. The average Bonchev–Trinajstić information content (AvgIpc) is 3.21. The van der Waals surface area contributed by atoms with Crippen LogP contribution in [0, 0.1) is 0 Å². The topological polar surface area (TPSA) is 96.4 Å². The minimum atomic E-state index is -0.945. The number of hydrogen-bond donors (Lipinski definition) is 1. The van der Waals surface area contributed by atoms with Gasteiger partial charge in [-0.3, -0.25) is 0 Å². The number of carbonyl (C=O) groups excluding carboxylic acids is 2. The largest absolute Gasteiger partial charge is 0.426 e. The first-order valence-corrected chi connectivity index (χ1v) is 9.41. The second kappa shape index (κ2) is 9.32. The van der Waals surface area contributed by atoms with Crippen LogP contribution >= 0.6 is 0 Å². The zero-order valence-corrected chi connectivity index (χ0v) is 15.8. The molecule has 1 aromatic heterocycles. The summed E-state index contributed by atoms with van der Waals surface area (Å²) in [5, 5.41) is 0. The highest BCUT2D eigenvalue weighted by Crippen LogP contribution is 2.26. The molecule has 1 fully saturated rings. The van der Waals surface area contributed by atoms with E-state index in [-0.39, 0.29) is 0 Å². The minimum absolute atomic E-state index is 0.426. The number of ether oxygens (including phenoxy) is 2. The Morgan fingerprint density at radius 1 is 1.14 bits per heavy atom. The number of aromatic nitrogens is 2. The molecule has 7 heteroatoms. The quantitative estimate of drug-likeness (QED) is 0.449. The van der Waals surface area contributed by atoms with Crippen LogP contribution in [0.15, 0.2) is 49.1 Å². The van der Waals surface area contributed by atoms with Crippen LogP contribution in [0.25, 0.3) is 6.08 Å². The Hall–Kier alpha value is -2.93. The molecule has 0 amide bonds. The molecule has 1 saturated carbocycles. The van der Waals surface area contributed by atoms with Crippen molar-refractivity contribution in [2.75, 3.05) is 6.79 Å². The van der Waals surface area contributed by atoms with Gasteiger partial charge in [-0.15, -0.1) is 0 Å². The highest BCUT2D eigenvalue weighted by molar-refractivity contribution is 5.87. The van der Waals surface area contributed by atoms with Crippen molar-refractivity contribution in [3.8, 4) is 0 Å². The summed E-state index contributed by atoms with van der Waals surface area (Å²) in [5.74, 6) is -1.08. The molecule has 1 aromatic carbocycles. The molecule has 0 spiro atoms. The van der Waals surface area contributed by atoms with E-state index in [2.05, 4.69) is 4.98 Å². The number of hydrogen-bond acceptors (Lipinski definition) is 6. The van der Waals surface area contributed by atoms with Crippen LogP contribution in [0.5, 0.6) is 0 Å². The van der Waals surface area contributed by atoms with Crippen LogP contribution in [-0.2, 0) is 25.6 Å². The number of benzene rings is 1. The Bertz CT molecular complexity index is 807. The fourth-order valence-corrected chi connectivity index (χ4v) is 3.21. The van der Waals surface area contributed by atoms with Crippen molar-refractivity contribution in [2.45, 2.75) is 44.2 Å². The van der Waals surface area contributed by atoms with Crippen molar-refractivity contribution in [2.24, 2.45) is 5.73 Å². The Morgan fingerprint density at radius 3 is 2.57 bits per heavy atom. The summed E-state index contributed by atoms with van der Waals surface area (Å²) in [4.78, 5) is 27.9. The molecule has 2 N–H and O–H groups in total. The van der Waals surface area contributed by atoms with Gasteiger partial charge in [0.05, 0.1) is 6.33 Å². The zero-order chi connectivity index (χ0) is 19.8. The molecule has 148 valence electrons. The molecule has 1 aliphatic carbocycles. The van der Waals surface area contributed by atoms with Gasteiger partial charge in [0.2, 0.25) is 6.79 Å².